The smallest absolute Gasteiger partial charge is 0.146 e. The number of likely N-dealkylation sites (N-methyl/N-ethyl adjacent to an activating group) is 1. The van der Waals surface area contributed by atoms with Gasteiger partial charge in [0.15, 0.2) is 0 Å². The number of anilines is 1. The Morgan fingerprint density at radius 3 is 2.71 bits per heavy atom. The highest BCUT2D eigenvalue weighted by Crippen LogP contribution is 2.38. The Labute approximate surface area is 128 Å². The van der Waals surface area contributed by atoms with E-state index < -0.39 is 0 Å². The predicted molar refractivity (Wildman–Crippen MR) is 88.1 cm³/mol. The van der Waals surface area contributed by atoms with Crippen LogP contribution in [0.4, 0.5) is 10.1 Å². The molecule has 0 aliphatic heterocycles. The maximum absolute atomic E-state index is 14.1. The lowest BCUT2D eigenvalue weighted by atomic mass is 9.87. The van der Waals surface area contributed by atoms with Gasteiger partial charge in [0.2, 0.25) is 0 Å². The van der Waals surface area contributed by atoms with Crippen molar-refractivity contribution in [2.45, 2.75) is 57.4 Å². The Bertz CT molecular complexity index is 449. The van der Waals surface area contributed by atoms with E-state index in [1.54, 1.807) is 6.07 Å². The van der Waals surface area contributed by atoms with Crippen molar-refractivity contribution in [3.63, 3.8) is 0 Å². The van der Waals surface area contributed by atoms with Crippen LogP contribution in [0.15, 0.2) is 24.3 Å². The fourth-order valence-corrected chi connectivity index (χ4v) is 3.81. The van der Waals surface area contributed by atoms with Gasteiger partial charge >= 0.3 is 0 Å². The SMILES string of the molecule is CCCC1CCCC(CN)(N(C)c2ccccc2F)CC1. The van der Waals surface area contributed by atoms with E-state index in [2.05, 4.69) is 11.8 Å². The first-order valence-corrected chi connectivity index (χ1v) is 8.31. The van der Waals surface area contributed by atoms with Crippen molar-refractivity contribution < 1.29 is 4.39 Å². The number of hydrogen-bond acceptors (Lipinski definition) is 2. The highest BCUT2D eigenvalue weighted by Gasteiger charge is 2.36. The van der Waals surface area contributed by atoms with Gasteiger partial charge < -0.3 is 10.6 Å². The van der Waals surface area contributed by atoms with Crippen LogP contribution in [-0.4, -0.2) is 19.1 Å². The molecule has 2 nitrogen and oxygen atoms in total. The highest BCUT2D eigenvalue weighted by atomic mass is 19.1. The lowest BCUT2D eigenvalue weighted by Crippen LogP contribution is -2.52. The van der Waals surface area contributed by atoms with Crippen LogP contribution in [0.2, 0.25) is 0 Å². The first-order valence-electron chi connectivity index (χ1n) is 8.31. The van der Waals surface area contributed by atoms with Gasteiger partial charge in [0.05, 0.1) is 11.2 Å². The van der Waals surface area contributed by atoms with Crippen LogP contribution in [0.3, 0.4) is 0 Å². The van der Waals surface area contributed by atoms with E-state index in [1.807, 2.05) is 19.2 Å². The van der Waals surface area contributed by atoms with E-state index in [0.29, 0.717) is 12.2 Å². The molecule has 1 aliphatic rings. The number of para-hydroxylation sites is 1. The zero-order valence-electron chi connectivity index (χ0n) is 13.4. The molecule has 2 atom stereocenters. The van der Waals surface area contributed by atoms with Gasteiger partial charge in [0.25, 0.3) is 0 Å². The summed E-state index contributed by atoms with van der Waals surface area (Å²) in [6, 6.07) is 7.04. The third-order valence-electron chi connectivity index (χ3n) is 5.27. The van der Waals surface area contributed by atoms with E-state index >= 15 is 0 Å². The maximum atomic E-state index is 14.1. The van der Waals surface area contributed by atoms with E-state index in [9.17, 15) is 4.39 Å². The molecule has 0 radical (unpaired) electrons. The molecule has 2 N–H and O–H groups in total. The second kappa shape index (κ2) is 7.26. The zero-order valence-corrected chi connectivity index (χ0v) is 13.4. The molecule has 2 rings (SSSR count). The third-order valence-corrected chi connectivity index (χ3v) is 5.27. The molecule has 1 saturated carbocycles. The summed E-state index contributed by atoms with van der Waals surface area (Å²) in [5.41, 5.74) is 6.74. The Morgan fingerprint density at radius 2 is 2.05 bits per heavy atom. The fraction of sp³-hybridized carbons (Fsp3) is 0.667. The minimum absolute atomic E-state index is 0.0926. The van der Waals surface area contributed by atoms with E-state index in [0.717, 1.165) is 18.8 Å². The van der Waals surface area contributed by atoms with Gasteiger partial charge in [0, 0.05) is 13.6 Å². The first kappa shape index (κ1) is 16.3. The summed E-state index contributed by atoms with van der Waals surface area (Å²) in [4.78, 5) is 2.11. The molecule has 118 valence electrons. The van der Waals surface area contributed by atoms with Crippen molar-refractivity contribution in [3.05, 3.63) is 30.1 Å². The zero-order chi connectivity index (χ0) is 15.3. The van der Waals surface area contributed by atoms with Gasteiger partial charge in [-0.15, -0.1) is 0 Å². The lowest BCUT2D eigenvalue weighted by Gasteiger charge is -2.42. The van der Waals surface area contributed by atoms with Crippen LogP contribution in [-0.2, 0) is 0 Å². The molecule has 1 aromatic rings. The molecule has 3 heteroatoms. The molecule has 21 heavy (non-hydrogen) atoms. The summed E-state index contributed by atoms with van der Waals surface area (Å²) < 4.78 is 14.1. The highest BCUT2D eigenvalue weighted by molar-refractivity contribution is 5.49. The number of nitrogens with two attached hydrogens (primary N) is 1. The Hall–Kier alpha value is -1.09. The van der Waals surface area contributed by atoms with Crippen molar-refractivity contribution in [2.24, 2.45) is 11.7 Å². The van der Waals surface area contributed by atoms with E-state index in [4.69, 9.17) is 5.73 Å². The topological polar surface area (TPSA) is 29.3 Å². The van der Waals surface area contributed by atoms with Crippen LogP contribution in [0.1, 0.15) is 51.9 Å². The summed E-state index contributed by atoms with van der Waals surface area (Å²) in [6.07, 6.45) is 8.40. The van der Waals surface area contributed by atoms with Crippen LogP contribution in [0, 0.1) is 11.7 Å². The average Bonchev–Trinajstić information content (AvgIpc) is 2.71. The predicted octanol–water partition coefficient (Wildman–Crippen LogP) is 4.34. The molecular weight excluding hydrogens is 263 g/mol. The summed E-state index contributed by atoms with van der Waals surface area (Å²) >= 11 is 0. The number of nitrogens with zero attached hydrogens (tertiary/aromatic N) is 1. The first-order chi connectivity index (χ1) is 10.1. The average molecular weight is 292 g/mol. The molecule has 0 saturated heterocycles. The summed E-state index contributed by atoms with van der Waals surface area (Å²) in [5, 5.41) is 0. The lowest BCUT2D eigenvalue weighted by molar-refractivity contribution is 0.347. The monoisotopic (exact) mass is 292 g/mol. The number of halogens is 1. The molecule has 1 fully saturated rings. The molecular formula is C18H29FN2. The van der Waals surface area contributed by atoms with Gasteiger partial charge in [-0.2, -0.15) is 0 Å². The van der Waals surface area contributed by atoms with Crippen molar-refractivity contribution in [1.82, 2.24) is 0 Å². The molecule has 1 aromatic carbocycles. The molecule has 0 amide bonds. The fourth-order valence-electron chi connectivity index (χ4n) is 3.81. The third kappa shape index (κ3) is 3.57. The maximum Gasteiger partial charge on any atom is 0.146 e. The Kier molecular flexibility index (Phi) is 5.63. The van der Waals surface area contributed by atoms with E-state index in [1.165, 1.54) is 38.2 Å². The number of hydrogen-bond donors (Lipinski definition) is 1. The Morgan fingerprint density at radius 1 is 1.29 bits per heavy atom. The standard InChI is InChI=1S/C18H29FN2/c1-3-7-15-8-6-12-18(14-20,13-11-15)21(2)17-10-5-4-9-16(17)19/h4-5,9-10,15H,3,6-8,11-14,20H2,1-2H3. The van der Waals surface area contributed by atoms with Gasteiger partial charge in [-0.05, 0) is 37.3 Å². The van der Waals surface area contributed by atoms with Crippen LogP contribution >= 0.6 is 0 Å². The van der Waals surface area contributed by atoms with E-state index in [-0.39, 0.29) is 11.4 Å². The van der Waals surface area contributed by atoms with Crippen LogP contribution in [0.5, 0.6) is 0 Å². The van der Waals surface area contributed by atoms with Gasteiger partial charge in [-0.3, -0.25) is 0 Å². The molecule has 1 aliphatic carbocycles. The van der Waals surface area contributed by atoms with Gasteiger partial charge in [-0.25, -0.2) is 4.39 Å². The normalized spacial score (nSPS) is 26.4. The van der Waals surface area contributed by atoms with Gasteiger partial charge in [-0.1, -0.05) is 44.7 Å². The van der Waals surface area contributed by atoms with Crippen LogP contribution < -0.4 is 10.6 Å². The molecule has 0 bridgehead atoms. The molecule has 0 aromatic heterocycles. The second-order valence-corrected chi connectivity index (χ2v) is 6.52. The van der Waals surface area contributed by atoms with Crippen molar-refractivity contribution in [2.75, 3.05) is 18.5 Å². The number of benzene rings is 1. The van der Waals surface area contributed by atoms with Crippen molar-refractivity contribution >= 4 is 5.69 Å². The minimum Gasteiger partial charge on any atom is -0.365 e. The second-order valence-electron chi connectivity index (χ2n) is 6.52. The van der Waals surface area contributed by atoms with Crippen molar-refractivity contribution in [1.29, 1.82) is 0 Å². The summed E-state index contributed by atoms with van der Waals surface area (Å²) in [7, 11) is 2.01. The molecule has 2 unspecified atom stereocenters. The molecule has 0 heterocycles. The largest absolute Gasteiger partial charge is 0.365 e. The van der Waals surface area contributed by atoms with Gasteiger partial charge in [0.1, 0.15) is 5.82 Å². The quantitative estimate of drug-likeness (QED) is 0.818. The molecule has 0 spiro atoms. The van der Waals surface area contributed by atoms with Crippen LogP contribution in [0.25, 0.3) is 0 Å². The Balaban J connectivity index is 2.19. The minimum atomic E-state index is -0.151. The summed E-state index contributed by atoms with van der Waals surface area (Å²) in [6.45, 7) is 2.85. The number of rotatable bonds is 5. The van der Waals surface area contributed by atoms with Crippen molar-refractivity contribution in [3.8, 4) is 0 Å². The summed E-state index contributed by atoms with van der Waals surface area (Å²) in [5.74, 6) is 0.666.